The molecule has 5 heteroatoms. The van der Waals surface area contributed by atoms with Gasteiger partial charge in [0.2, 0.25) is 0 Å². The van der Waals surface area contributed by atoms with Crippen LogP contribution < -0.4 is 0 Å². The van der Waals surface area contributed by atoms with Gasteiger partial charge in [0.1, 0.15) is 0 Å². The quantitative estimate of drug-likeness (QED) is 0.859. The zero-order chi connectivity index (χ0) is 14.9. The molecular weight excluding hydrogens is 258 g/mol. The third-order valence-electron chi connectivity index (χ3n) is 4.76. The van der Waals surface area contributed by atoms with E-state index in [9.17, 15) is 14.7 Å². The molecule has 0 spiro atoms. The number of carbonyl (C=O) groups excluding carboxylic acids is 2. The molecule has 20 heavy (non-hydrogen) atoms. The standard InChI is InChI=1S/C15H25NO4/c1-10(2)11-6-7-15(3,9-12(11)17)14(19)20-16-8-4-5-13(16)18/h10-12,17H,4-9H2,1-3H3/t11-,12+,15+/m0/s1. The SMILES string of the molecule is CC(C)[C@@H]1CC[C@@](C)(C(=O)ON2CCCC2=O)C[C@H]1O. The smallest absolute Gasteiger partial charge is 0.338 e. The van der Waals surface area contributed by atoms with Crippen LogP contribution in [0.2, 0.25) is 0 Å². The van der Waals surface area contributed by atoms with E-state index < -0.39 is 11.5 Å². The van der Waals surface area contributed by atoms with Gasteiger partial charge < -0.3 is 9.94 Å². The molecule has 1 saturated carbocycles. The number of hydroxylamine groups is 2. The molecule has 3 atom stereocenters. The monoisotopic (exact) mass is 283 g/mol. The normalized spacial score (nSPS) is 34.6. The molecule has 0 aromatic carbocycles. The molecule has 0 bridgehead atoms. The van der Waals surface area contributed by atoms with Crippen LogP contribution in [0.5, 0.6) is 0 Å². The fourth-order valence-corrected chi connectivity index (χ4v) is 3.29. The van der Waals surface area contributed by atoms with E-state index in [1.54, 1.807) is 0 Å². The molecule has 0 radical (unpaired) electrons. The molecule has 1 amide bonds. The highest BCUT2D eigenvalue weighted by atomic mass is 16.7. The summed E-state index contributed by atoms with van der Waals surface area (Å²) in [6, 6.07) is 0. The van der Waals surface area contributed by atoms with Gasteiger partial charge >= 0.3 is 5.97 Å². The number of aliphatic hydroxyl groups excluding tert-OH is 1. The van der Waals surface area contributed by atoms with E-state index >= 15 is 0 Å². The van der Waals surface area contributed by atoms with Crippen LogP contribution >= 0.6 is 0 Å². The van der Waals surface area contributed by atoms with Crippen molar-refractivity contribution in [2.75, 3.05) is 6.54 Å². The van der Waals surface area contributed by atoms with Crippen LogP contribution in [-0.2, 0) is 14.4 Å². The zero-order valence-corrected chi connectivity index (χ0v) is 12.6. The molecule has 2 fully saturated rings. The third kappa shape index (κ3) is 2.97. The highest BCUT2D eigenvalue weighted by Gasteiger charge is 2.45. The summed E-state index contributed by atoms with van der Waals surface area (Å²) in [5, 5.41) is 11.4. The topological polar surface area (TPSA) is 66.8 Å². The second kappa shape index (κ2) is 5.72. The average Bonchev–Trinajstić information content (AvgIpc) is 2.74. The predicted octanol–water partition coefficient (Wildman–Crippen LogP) is 1.89. The molecular formula is C15H25NO4. The molecule has 1 saturated heterocycles. The number of amides is 1. The van der Waals surface area contributed by atoms with Gasteiger partial charge in [-0.25, -0.2) is 4.79 Å². The Morgan fingerprint density at radius 2 is 2.20 bits per heavy atom. The highest BCUT2D eigenvalue weighted by Crippen LogP contribution is 2.42. The van der Waals surface area contributed by atoms with E-state index in [0.717, 1.165) is 12.8 Å². The summed E-state index contributed by atoms with van der Waals surface area (Å²) >= 11 is 0. The van der Waals surface area contributed by atoms with Gasteiger partial charge in [0, 0.05) is 6.42 Å². The Balaban J connectivity index is 1.97. The summed E-state index contributed by atoms with van der Waals surface area (Å²) in [6.07, 6.45) is 2.64. The molecule has 0 aromatic rings. The summed E-state index contributed by atoms with van der Waals surface area (Å²) in [5.74, 6) is 0.141. The first-order valence-electron chi connectivity index (χ1n) is 7.54. The number of rotatable bonds is 3. The van der Waals surface area contributed by atoms with Gasteiger partial charge in [0.25, 0.3) is 5.91 Å². The zero-order valence-electron chi connectivity index (χ0n) is 12.6. The first kappa shape index (κ1) is 15.3. The number of hydrogen-bond donors (Lipinski definition) is 1. The van der Waals surface area contributed by atoms with Gasteiger partial charge in [0.15, 0.2) is 0 Å². The number of nitrogens with zero attached hydrogens (tertiary/aromatic N) is 1. The van der Waals surface area contributed by atoms with Crippen molar-refractivity contribution in [2.24, 2.45) is 17.3 Å². The van der Waals surface area contributed by atoms with E-state index in [-0.39, 0.29) is 17.8 Å². The van der Waals surface area contributed by atoms with Crippen molar-refractivity contribution >= 4 is 11.9 Å². The van der Waals surface area contributed by atoms with Gasteiger partial charge in [0.05, 0.1) is 18.1 Å². The Labute approximate surface area is 120 Å². The lowest BCUT2D eigenvalue weighted by Crippen LogP contribution is -2.44. The minimum Gasteiger partial charge on any atom is -0.393 e. The van der Waals surface area contributed by atoms with Gasteiger partial charge in [-0.1, -0.05) is 13.8 Å². The van der Waals surface area contributed by atoms with Gasteiger partial charge in [-0.3, -0.25) is 4.79 Å². The second-order valence-corrected chi connectivity index (χ2v) is 6.76. The van der Waals surface area contributed by atoms with Crippen molar-refractivity contribution in [3.8, 4) is 0 Å². The lowest BCUT2D eigenvalue weighted by molar-refractivity contribution is -0.205. The van der Waals surface area contributed by atoms with Crippen molar-refractivity contribution in [1.29, 1.82) is 0 Å². The third-order valence-corrected chi connectivity index (χ3v) is 4.76. The molecule has 1 aliphatic carbocycles. The summed E-state index contributed by atoms with van der Waals surface area (Å²) in [4.78, 5) is 29.1. The van der Waals surface area contributed by atoms with Crippen LogP contribution in [-0.4, -0.2) is 34.7 Å². The summed E-state index contributed by atoms with van der Waals surface area (Å²) in [6.45, 7) is 6.50. The first-order valence-corrected chi connectivity index (χ1v) is 7.54. The Hall–Kier alpha value is -1.10. The fourth-order valence-electron chi connectivity index (χ4n) is 3.29. The van der Waals surface area contributed by atoms with Gasteiger partial charge in [-0.2, -0.15) is 5.06 Å². The van der Waals surface area contributed by atoms with Crippen LogP contribution in [0, 0.1) is 17.3 Å². The van der Waals surface area contributed by atoms with Crippen LogP contribution in [0.3, 0.4) is 0 Å². The van der Waals surface area contributed by atoms with Crippen molar-refractivity contribution in [1.82, 2.24) is 5.06 Å². The van der Waals surface area contributed by atoms with Gasteiger partial charge in [-0.05, 0) is 44.4 Å². The van der Waals surface area contributed by atoms with E-state index in [2.05, 4.69) is 13.8 Å². The first-order chi connectivity index (χ1) is 9.33. The fraction of sp³-hybridized carbons (Fsp3) is 0.867. The molecule has 1 aliphatic heterocycles. The maximum absolute atomic E-state index is 12.3. The Kier molecular flexibility index (Phi) is 4.37. The Morgan fingerprint density at radius 3 is 2.70 bits per heavy atom. The number of aliphatic hydroxyl groups is 1. The van der Waals surface area contributed by atoms with Crippen LogP contribution in [0.4, 0.5) is 0 Å². The highest BCUT2D eigenvalue weighted by molar-refractivity contribution is 5.81. The number of carbonyl (C=O) groups is 2. The van der Waals surface area contributed by atoms with Crippen molar-refractivity contribution in [3.05, 3.63) is 0 Å². The molecule has 0 unspecified atom stereocenters. The van der Waals surface area contributed by atoms with E-state index in [1.807, 2.05) is 6.92 Å². The Bertz CT molecular complexity index is 395. The second-order valence-electron chi connectivity index (χ2n) is 6.76. The summed E-state index contributed by atoms with van der Waals surface area (Å²) < 4.78 is 0. The van der Waals surface area contributed by atoms with E-state index in [1.165, 1.54) is 5.06 Å². The molecule has 0 aromatic heterocycles. The van der Waals surface area contributed by atoms with E-state index in [4.69, 9.17) is 4.84 Å². The van der Waals surface area contributed by atoms with Crippen molar-refractivity contribution in [2.45, 2.75) is 59.0 Å². The molecule has 2 rings (SSSR count). The Morgan fingerprint density at radius 1 is 1.50 bits per heavy atom. The predicted molar refractivity (Wildman–Crippen MR) is 73.3 cm³/mol. The van der Waals surface area contributed by atoms with E-state index in [0.29, 0.717) is 31.7 Å². The lowest BCUT2D eigenvalue weighted by Gasteiger charge is -2.40. The van der Waals surface area contributed by atoms with Crippen molar-refractivity contribution < 1.29 is 19.5 Å². The molecule has 114 valence electrons. The van der Waals surface area contributed by atoms with Crippen molar-refractivity contribution in [3.63, 3.8) is 0 Å². The minimum absolute atomic E-state index is 0.127. The maximum atomic E-state index is 12.3. The largest absolute Gasteiger partial charge is 0.393 e. The molecule has 5 nitrogen and oxygen atoms in total. The van der Waals surface area contributed by atoms with Crippen LogP contribution in [0.25, 0.3) is 0 Å². The number of hydrogen-bond acceptors (Lipinski definition) is 4. The summed E-state index contributed by atoms with van der Waals surface area (Å²) in [5.41, 5.74) is -0.687. The molecule has 1 N–H and O–H groups in total. The minimum atomic E-state index is -0.687. The molecule has 2 aliphatic rings. The van der Waals surface area contributed by atoms with Crippen LogP contribution in [0.15, 0.2) is 0 Å². The van der Waals surface area contributed by atoms with Crippen LogP contribution in [0.1, 0.15) is 52.9 Å². The lowest BCUT2D eigenvalue weighted by atomic mass is 9.67. The summed E-state index contributed by atoms with van der Waals surface area (Å²) in [7, 11) is 0. The average molecular weight is 283 g/mol. The van der Waals surface area contributed by atoms with Gasteiger partial charge in [-0.15, -0.1) is 0 Å². The maximum Gasteiger partial charge on any atom is 0.338 e. The molecule has 1 heterocycles.